The van der Waals surface area contributed by atoms with Crippen molar-refractivity contribution in [2.24, 2.45) is 5.92 Å². The van der Waals surface area contributed by atoms with Gasteiger partial charge in [-0.3, -0.25) is 4.79 Å². The number of hydrogen-bond acceptors (Lipinski definition) is 5. The maximum atomic E-state index is 12.5. The molecule has 1 amide bonds. The van der Waals surface area contributed by atoms with Crippen molar-refractivity contribution in [3.05, 3.63) is 48.0 Å². The van der Waals surface area contributed by atoms with Crippen molar-refractivity contribution in [3.8, 4) is 23.0 Å². The van der Waals surface area contributed by atoms with E-state index in [0.29, 0.717) is 39.3 Å². The summed E-state index contributed by atoms with van der Waals surface area (Å²) in [6, 6.07) is 13.3. The highest BCUT2D eigenvalue weighted by atomic mass is 16.6. The molecule has 0 saturated carbocycles. The summed E-state index contributed by atoms with van der Waals surface area (Å²) in [5, 5.41) is 3.15. The number of nitrogens with one attached hydrogen (secondary N) is 1. The van der Waals surface area contributed by atoms with Gasteiger partial charge in [-0.1, -0.05) is 19.9 Å². The van der Waals surface area contributed by atoms with Crippen LogP contribution in [-0.2, 0) is 4.79 Å². The second-order valence-corrected chi connectivity index (χ2v) is 7.55. The number of hydrogen-bond donors (Lipinski definition) is 1. The molecule has 1 aliphatic heterocycles. The van der Waals surface area contributed by atoms with Crippen LogP contribution in [0.1, 0.15) is 45.2 Å². The number of carbonyl (C=O) groups is 1. The fourth-order valence-electron chi connectivity index (χ4n) is 3.36. The highest BCUT2D eigenvalue weighted by molar-refractivity contribution is 5.76. The number of amides is 1. The summed E-state index contributed by atoms with van der Waals surface area (Å²) < 4.78 is 22.4. The van der Waals surface area contributed by atoms with Crippen LogP contribution >= 0.6 is 0 Å². The maximum Gasteiger partial charge on any atom is 0.220 e. The molecule has 0 aliphatic carbocycles. The molecule has 1 unspecified atom stereocenters. The monoisotopic (exact) mass is 413 g/mol. The number of carbonyl (C=O) groups excluding carboxylic acids is 1. The highest BCUT2D eigenvalue weighted by Gasteiger charge is 2.21. The van der Waals surface area contributed by atoms with Crippen LogP contribution in [0, 0.1) is 5.92 Å². The second kappa shape index (κ2) is 10.8. The minimum Gasteiger partial charge on any atom is -0.494 e. The van der Waals surface area contributed by atoms with E-state index >= 15 is 0 Å². The largest absolute Gasteiger partial charge is 0.494 e. The molecule has 1 heterocycles. The smallest absolute Gasteiger partial charge is 0.220 e. The molecule has 1 atom stereocenters. The standard InChI is InChI=1S/C24H31NO5/c1-4-27-19-8-10-20(11-9-19)28-13-5-6-23(26)25-24(17(2)3)18-7-12-21-22(16-18)30-15-14-29-21/h7-12,16-17,24H,4-6,13-15H2,1-3H3,(H,25,26). The SMILES string of the molecule is CCOc1ccc(OCCCC(=O)NC(c2ccc3c(c2)OCCO3)C(C)C)cc1. The Balaban J connectivity index is 1.47. The molecule has 1 aliphatic rings. The lowest BCUT2D eigenvalue weighted by Gasteiger charge is -2.25. The second-order valence-electron chi connectivity index (χ2n) is 7.55. The topological polar surface area (TPSA) is 66.0 Å². The molecular formula is C24H31NO5. The summed E-state index contributed by atoms with van der Waals surface area (Å²) >= 11 is 0. The van der Waals surface area contributed by atoms with Crippen LogP contribution in [0.3, 0.4) is 0 Å². The van der Waals surface area contributed by atoms with Crippen molar-refractivity contribution in [3.63, 3.8) is 0 Å². The van der Waals surface area contributed by atoms with E-state index in [1.807, 2.05) is 49.4 Å². The Morgan fingerprint density at radius 2 is 1.67 bits per heavy atom. The zero-order chi connectivity index (χ0) is 21.3. The third kappa shape index (κ3) is 6.05. The molecule has 0 fully saturated rings. The van der Waals surface area contributed by atoms with Gasteiger partial charge in [-0.15, -0.1) is 0 Å². The molecule has 0 aromatic heterocycles. The molecule has 3 rings (SSSR count). The fourth-order valence-corrected chi connectivity index (χ4v) is 3.36. The third-order valence-corrected chi connectivity index (χ3v) is 4.86. The zero-order valence-corrected chi connectivity index (χ0v) is 18.0. The van der Waals surface area contributed by atoms with Gasteiger partial charge >= 0.3 is 0 Å². The summed E-state index contributed by atoms with van der Waals surface area (Å²) in [6.45, 7) is 8.37. The van der Waals surface area contributed by atoms with Crippen molar-refractivity contribution in [2.75, 3.05) is 26.4 Å². The van der Waals surface area contributed by atoms with Crippen LogP contribution in [0.5, 0.6) is 23.0 Å². The van der Waals surface area contributed by atoms with E-state index in [1.54, 1.807) is 0 Å². The van der Waals surface area contributed by atoms with Crippen molar-refractivity contribution in [2.45, 2.75) is 39.7 Å². The molecule has 1 N–H and O–H groups in total. The van der Waals surface area contributed by atoms with Crippen molar-refractivity contribution in [1.29, 1.82) is 0 Å². The normalized spacial score (nSPS) is 13.6. The number of fused-ring (bicyclic) bond motifs is 1. The Kier molecular flexibility index (Phi) is 7.82. The Morgan fingerprint density at radius 3 is 2.33 bits per heavy atom. The van der Waals surface area contributed by atoms with Gasteiger partial charge in [-0.25, -0.2) is 0 Å². The lowest BCUT2D eigenvalue weighted by atomic mass is 9.95. The number of ether oxygens (including phenoxy) is 4. The van der Waals surface area contributed by atoms with Gasteiger partial charge in [-0.05, 0) is 61.2 Å². The molecule has 162 valence electrons. The lowest BCUT2D eigenvalue weighted by Crippen LogP contribution is -2.32. The highest BCUT2D eigenvalue weighted by Crippen LogP contribution is 2.34. The molecule has 6 nitrogen and oxygen atoms in total. The first kappa shape index (κ1) is 21.8. The number of benzene rings is 2. The van der Waals surface area contributed by atoms with E-state index in [2.05, 4.69) is 19.2 Å². The van der Waals surface area contributed by atoms with Gasteiger partial charge in [-0.2, -0.15) is 0 Å². The van der Waals surface area contributed by atoms with E-state index in [1.165, 1.54) is 0 Å². The van der Waals surface area contributed by atoms with Gasteiger partial charge in [0.15, 0.2) is 11.5 Å². The van der Waals surface area contributed by atoms with Crippen molar-refractivity contribution < 1.29 is 23.7 Å². The molecule has 30 heavy (non-hydrogen) atoms. The molecular weight excluding hydrogens is 382 g/mol. The van der Waals surface area contributed by atoms with E-state index in [9.17, 15) is 4.79 Å². The van der Waals surface area contributed by atoms with Gasteiger partial charge in [0.05, 0.1) is 19.3 Å². The molecule has 2 aromatic rings. The minimum absolute atomic E-state index is 0.0129. The van der Waals surface area contributed by atoms with Crippen LogP contribution in [0.15, 0.2) is 42.5 Å². The molecule has 2 aromatic carbocycles. The predicted molar refractivity (Wildman–Crippen MR) is 115 cm³/mol. The predicted octanol–water partition coefficient (Wildman–Crippen LogP) is 4.53. The van der Waals surface area contributed by atoms with Crippen LogP contribution in [0.4, 0.5) is 0 Å². The molecule has 0 radical (unpaired) electrons. The fraction of sp³-hybridized carbons (Fsp3) is 0.458. The van der Waals surface area contributed by atoms with Gasteiger partial charge in [0.25, 0.3) is 0 Å². The summed E-state index contributed by atoms with van der Waals surface area (Å²) in [4.78, 5) is 12.5. The summed E-state index contributed by atoms with van der Waals surface area (Å²) in [5.41, 5.74) is 1.02. The van der Waals surface area contributed by atoms with Gasteiger partial charge in [0.2, 0.25) is 5.91 Å². The van der Waals surface area contributed by atoms with Crippen LogP contribution in [0.2, 0.25) is 0 Å². The minimum atomic E-state index is -0.0830. The van der Waals surface area contributed by atoms with E-state index < -0.39 is 0 Å². The quantitative estimate of drug-likeness (QED) is 0.580. The van der Waals surface area contributed by atoms with Crippen LogP contribution in [0.25, 0.3) is 0 Å². The third-order valence-electron chi connectivity index (χ3n) is 4.86. The first-order chi connectivity index (χ1) is 14.6. The lowest BCUT2D eigenvalue weighted by molar-refractivity contribution is -0.122. The maximum absolute atomic E-state index is 12.5. The number of rotatable bonds is 10. The Morgan fingerprint density at radius 1 is 1.00 bits per heavy atom. The van der Waals surface area contributed by atoms with Crippen LogP contribution < -0.4 is 24.3 Å². The summed E-state index contributed by atoms with van der Waals surface area (Å²) in [5.74, 6) is 3.35. The average Bonchev–Trinajstić information content (AvgIpc) is 2.76. The Labute approximate surface area is 178 Å². The zero-order valence-electron chi connectivity index (χ0n) is 18.0. The molecule has 0 saturated heterocycles. The summed E-state index contributed by atoms with van der Waals surface area (Å²) in [6.07, 6.45) is 1.05. The van der Waals surface area contributed by atoms with Crippen molar-refractivity contribution >= 4 is 5.91 Å². The summed E-state index contributed by atoms with van der Waals surface area (Å²) in [7, 11) is 0. The first-order valence-electron chi connectivity index (χ1n) is 10.6. The van der Waals surface area contributed by atoms with Gasteiger partial charge in [0, 0.05) is 6.42 Å². The Hall–Kier alpha value is -2.89. The van der Waals surface area contributed by atoms with Gasteiger partial charge in [0.1, 0.15) is 24.7 Å². The average molecular weight is 414 g/mol. The van der Waals surface area contributed by atoms with Crippen LogP contribution in [-0.4, -0.2) is 32.3 Å². The van der Waals surface area contributed by atoms with E-state index in [4.69, 9.17) is 18.9 Å². The van der Waals surface area contributed by atoms with Gasteiger partial charge < -0.3 is 24.3 Å². The Bertz CT molecular complexity index is 819. The van der Waals surface area contributed by atoms with Crippen molar-refractivity contribution in [1.82, 2.24) is 5.32 Å². The van der Waals surface area contributed by atoms with E-state index in [0.717, 1.165) is 28.6 Å². The molecule has 0 bridgehead atoms. The van der Waals surface area contributed by atoms with E-state index in [-0.39, 0.29) is 17.9 Å². The molecule has 6 heteroatoms. The first-order valence-corrected chi connectivity index (χ1v) is 10.6. The molecule has 0 spiro atoms.